The van der Waals surface area contributed by atoms with E-state index in [4.69, 9.17) is 4.98 Å². The average molecular weight is 565 g/mol. The summed E-state index contributed by atoms with van der Waals surface area (Å²) in [7, 11) is -1.63. The number of amides is 2. The number of thiophene rings is 1. The van der Waals surface area contributed by atoms with Gasteiger partial charge in [0, 0.05) is 22.8 Å². The van der Waals surface area contributed by atoms with Gasteiger partial charge < -0.3 is 15.5 Å². The normalized spacial score (nSPS) is 14.4. The van der Waals surface area contributed by atoms with Crippen molar-refractivity contribution in [2.24, 2.45) is 0 Å². The lowest BCUT2D eigenvalue weighted by atomic mass is 10.2. The number of rotatable bonds is 9. The zero-order valence-corrected chi connectivity index (χ0v) is 23.7. The maximum absolute atomic E-state index is 13.4. The van der Waals surface area contributed by atoms with Crippen molar-refractivity contribution in [3.8, 4) is 5.69 Å². The molecular weight excluding hydrogens is 532 g/mol. The Morgan fingerprint density at radius 2 is 1.77 bits per heavy atom. The fourth-order valence-corrected chi connectivity index (χ4v) is 6.67. The van der Waals surface area contributed by atoms with E-state index >= 15 is 0 Å². The number of hydrogen-bond acceptors (Lipinski definition) is 7. The van der Waals surface area contributed by atoms with Gasteiger partial charge in [-0.05, 0) is 107 Å². The Kier molecular flexibility index (Phi) is 8.39. The summed E-state index contributed by atoms with van der Waals surface area (Å²) in [6, 6.07) is 15.6. The number of nitrogens with zero attached hydrogens (tertiary/aromatic N) is 3. The molecule has 204 valence electrons. The van der Waals surface area contributed by atoms with Crippen LogP contribution < -0.4 is 20.9 Å². The topological polar surface area (TPSA) is 108 Å². The predicted octanol–water partition coefficient (Wildman–Crippen LogP) is 4.81. The van der Waals surface area contributed by atoms with Crippen molar-refractivity contribution < 1.29 is 9.00 Å². The van der Waals surface area contributed by atoms with Crippen LogP contribution in [0.3, 0.4) is 0 Å². The standard InChI is InChI=1S/C28H32N6O3S2/c1-19-6-13-26(38-19)39(37)32-28(36)31-21-7-10-23(11-8-21)34-20(2)30-25-18-22(9-12-24(25)27(34)35)29-14-5-17-33-15-3-4-16-33/h6-13,18,29H,3-5,14-17H2,1-2H3,(H2,31,32,36). The van der Waals surface area contributed by atoms with E-state index in [0.29, 0.717) is 32.3 Å². The summed E-state index contributed by atoms with van der Waals surface area (Å²) in [5.41, 5.74) is 2.60. The third kappa shape index (κ3) is 6.55. The van der Waals surface area contributed by atoms with Crippen LogP contribution in [0.5, 0.6) is 0 Å². The zero-order valence-electron chi connectivity index (χ0n) is 22.0. The van der Waals surface area contributed by atoms with Crippen molar-refractivity contribution in [2.75, 3.05) is 36.8 Å². The summed E-state index contributed by atoms with van der Waals surface area (Å²) in [5, 5.41) is 6.67. The van der Waals surface area contributed by atoms with Gasteiger partial charge in [-0.3, -0.25) is 14.1 Å². The van der Waals surface area contributed by atoms with Gasteiger partial charge in [0.05, 0.1) is 16.6 Å². The minimum absolute atomic E-state index is 0.154. The number of urea groups is 1. The molecule has 3 heterocycles. The fourth-order valence-electron chi connectivity index (χ4n) is 4.75. The lowest BCUT2D eigenvalue weighted by Crippen LogP contribution is -2.30. The van der Waals surface area contributed by atoms with Gasteiger partial charge in [0.2, 0.25) is 0 Å². The minimum atomic E-state index is -1.63. The number of carbonyl (C=O) groups excluding carboxylic acids is 1. The third-order valence-electron chi connectivity index (χ3n) is 6.68. The largest absolute Gasteiger partial charge is 0.385 e. The molecule has 3 N–H and O–H groups in total. The van der Waals surface area contributed by atoms with Crippen molar-refractivity contribution >= 4 is 50.6 Å². The summed E-state index contributed by atoms with van der Waals surface area (Å²) < 4.78 is 16.9. The molecule has 39 heavy (non-hydrogen) atoms. The zero-order chi connectivity index (χ0) is 27.4. The van der Waals surface area contributed by atoms with Crippen LogP contribution in [-0.4, -0.2) is 50.9 Å². The van der Waals surface area contributed by atoms with E-state index < -0.39 is 17.0 Å². The lowest BCUT2D eigenvalue weighted by molar-refractivity contribution is 0.257. The summed E-state index contributed by atoms with van der Waals surface area (Å²) in [6.07, 6.45) is 3.68. The molecular formula is C28H32N6O3S2. The number of aromatic nitrogens is 2. The molecule has 9 nitrogen and oxygen atoms in total. The van der Waals surface area contributed by atoms with Crippen molar-refractivity contribution in [1.29, 1.82) is 0 Å². The maximum Gasteiger partial charge on any atom is 0.331 e. The second-order valence-electron chi connectivity index (χ2n) is 9.60. The van der Waals surface area contributed by atoms with Crippen molar-refractivity contribution in [3.63, 3.8) is 0 Å². The van der Waals surface area contributed by atoms with Gasteiger partial charge >= 0.3 is 6.03 Å². The van der Waals surface area contributed by atoms with Gasteiger partial charge in [0.25, 0.3) is 5.56 Å². The molecule has 2 amide bonds. The van der Waals surface area contributed by atoms with Crippen LogP contribution in [0.15, 0.2) is 63.6 Å². The van der Waals surface area contributed by atoms with Crippen LogP contribution in [0.2, 0.25) is 0 Å². The van der Waals surface area contributed by atoms with E-state index in [1.54, 1.807) is 41.8 Å². The molecule has 0 saturated carbocycles. The van der Waals surface area contributed by atoms with Crippen LogP contribution in [0.1, 0.15) is 30.0 Å². The molecule has 0 radical (unpaired) electrons. The number of nitrogens with one attached hydrogen (secondary N) is 3. The molecule has 1 aliphatic heterocycles. The number of anilines is 2. The molecule has 1 fully saturated rings. The van der Waals surface area contributed by atoms with Gasteiger partial charge in [-0.2, -0.15) is 0 Å². The molecule has 4 aromatic rings. The third-order valence-corrected chi connectivity index (χ3v) is 9.05. The highest BCUT2D eigenvalue weighted by Gasteiger charge is 2.14. The summed E-state index contributed by atoms with van der Waals surface area (Å²) >= 11 is 1.37. The Balaban J connectivity index is 1.24. The first-order valence-corrected chi connectivity index (χ1v) is 15.0. The Morgan fingerprint density at radius 3 is 2.49 bits per heavy atom. The molecule has 5 rings (SSSR count). The summed E-state index contributed by atoms with van der Waals surface area (Å²) in [4.78, 5) is 33.9. The Morgan fingerprint density at radius 1 is 1.03 bits per heavy atom. The minimum Gasteiger partial charge on any atom is -0.385 e. The highest BCUT2D eigenvalue weighted by molar-refractivity contribution is 7.86. The number of benzene rings is 2. The molecule has 1 unspecified atom stereocenters. The fraction of sp³-hybridized carbons (Fsp3) is 0.321. The first-order valence-electron chi connectivity index (χ1n) is 13.0. The molecule has 11 heteroatoms. The molecule has 2 aromatic heterocycles. The van der Waals surface area contributed by atoms with Crippen LogP contribution in [-0.2, 0) is 11.0 Å². The Labute approximate surface area is 233 Å². The number of likely N-dealkylation sites (tertiary alicyclic amines) is 1. The maximum atomic E-state index is 13.4. The number of aryl methyl sites for hydroxylation is 2. The molecule has 1 saturated heterocycles. The van der Waals surface area contributed by atoms with E-state index in [-0.39, 0.29) is 5.56 Å². The highest BCUT2D eigenvalue weighted by Crippen LogP contribution is 2.20. The van der Waals surface area contributed by atoms with Crippen LogP contribution in [0.25, 0.3) is 16.6 Å². The molecule has 0 spiro atoms. The monoisotopic (exact) mass is 564 g/mol. The summed E-state index contributed by atoms with van der Waals surface area (Å²) in [6.45, 7) is 8.11. The Hall–Kier alpha value is -3.54. The first-order chi connectivity index (χ1) is 18.9. The van der Waals surface area contributed by atoms with Crippen LogP contribution in [0.4, 0.5) is 16.2 Å². The molecule has 1 atom stereocenters. The number of carbonyl (C=O) groups is 1. The summed E-state index contributed by atoms with van der Waals surface area (Å²) in [5.74, 6) is 0.568. The van der Waals surface area contributed by atoms with E-state index in [1.165, 1.54) is 37.3 Å². The van der Waals surface area contributed by atoms with E-state index in [1.807, 2.05) is 31.2 Å². The number of fused-ring (bicyclic) bond motifs is 1. The van der Waals surface area contributed by atoms with Crippen LogP contribution in [0, 0.1) is 13.8 Å². The molecule has 0 aliphatic carbocycles. The molecule has 0 bridgehead atoms. The van der Waals surface area contributed by atoms with Gasteiger partial charge in [0.15, 0.2) is 11.0 Å². The van der Waals surface area contributed by atoms with E-state index in [2.05, 4.69) is 20.3 Å². The van der Waals surface area contributed by atoms with Gasteiger partial charge in [0.1, 0.15) is 10.0 Å². The van der Waals surface area contributed by atoms with E-state index in [9.17, 15) is 13.8 Å². The highest BCUT2D eigenvalue weighted by atomic mass is 32.2. The average Bonchev–Trinajstić information content (AvgIpc) is 3.59. The SMILES string of the molecule is Cc1ccc(S(=O)NC(=O)Nc2ccc(-n3c(C)nc4cc(NCCCN5CCCC5)ccc4c3=O)cc2)s1. The van der Waals surface area contributed by atoms with Crippen molar-refractivity contribution in [2.45, 2.75) is 37.3 Å². The van der Waals surface area contributed by atoms with Gasteiger partial charge in [-0.15, -0.1) is 11.3 Å². The quantitative estimate of drug-likeness (QED) is 0.252. The predicted molar refractivity (Wildman–Crippen MR) is 158 cm³/mol. The second kappa shape index (κ2) is 12.1. The van der Waals surface area contributed by atoms with E-state index in [0.717, 1.165) is 30.1 Å². The molecule has 1 aliphatic rings. The first kappa shape index (κ1) is 27.0. The Bertz CT molecular complexity index is 1560. The van der Waals surface area contributed by atoms with Crippen molar-refractivity contribution in [1.82, 2.24) is 19.2 Å². The lowest BCUT2D eigenvalue weighted by Gasteiger charge is -2.15. The van der Waals surface area contributed by atoms with Crippen molar-refractivity contribution in [3.05, 3.63) is 75.7 Å². The molecule has 2 aromatic carbocycles. The van der Waals surface area contributed by atoms with Gasteiger partial charge in [-0.25, -0.2) is 14.0 Å². The second-order valence-corrected chi connectivity index (χ2v) is 12.3. The number of hydrogen-bond donors (Lipinski definition) is 3. The smallest absolute Gasteiger partial charge is 0.331 e. The van der Waals surface area contributed by atoms with Gasteiger partial charge in [-0.1, -0.05) is 0 Å². The van der Waals surface area contributed by atoms with Crippen LogP contribution >= 0.6 is 11.3 Å².